The van der Waals surface area contributed by atoms with E-state index in [0.717, 1.165) is 55.6 Å². The fraction of sp³-hybridized carbons (Fsp3) is 0.463. The van der Waals surface area contributed by atoms with Crippen molar-refractivity contribution in [3.8, 4) is 6.07 Å². The third kappa shape index (κ3) is 6.59. The number of carbonyl (C=O) groups is 5. The van der Waals surface area contributed by atoms with E-state index in [2.05, 4.69) is 43.0 Å². The number of aromatic nitrogens is 2. The third-order valence-corrected chi connectivity index (χ3v) is 13.3. The molecule has 15 nitrogen and oxygen atoms in total. The zero-order valence-corrected chi connectivity index (χ0v) is 32.8. The van der Waals surface area contributed by atoms with Crippen molar-refractivity contribution in [3.05, 3.63) is 75.8 Å². The molecule has 0 bridgehead atoms. The van der Waals surface area contributed by atoms with Crippen LogP contribution in [0.25, 0.3) is 0 Å². The molecule has 0 aliphatic carbocycles. The van der Waals surface area contributed by atoms with Gasteiger partial charge in [-0.25, -0.2) is 14.4 Å². The van der Waals surface area contributed by atoms with E-state index < -0.39 is 35.5 Å². The third-order valence-electron chi connectivity index (χ3n) is 13.0. The van der Waals surface area contributed by atoms with Crippen molar-refractivity contribution < 1.29 is 28.4 Å². The van der Waals surface area contributed by atoms with Gasteiger partial charge >= 0.3 is 0 Å². The first-order chi connectivity index (χ1) is 27.9. The lowest BCUT2D eigenvalue weighted by atomic mass is 9.77. The number of fused-ring (bicyclic) bond motifs is 1. The summed E-state index contributed by atoms with van der Waals surface area (Å²) in [4.78, 5) is 84.4. The van der Waals surface area contributed by atoms with Crippen LogP contribution in [0.5, 0.6) is 0 Å². The fourth-order valence-electron chi connectivity index (χ4n) is 9.65. The first kappa shape index (κ1) is 37.9. The van der Waals surface area contributed by atoms with E-state index in [1.807, 2.05) is 17.0 Å². The molecule has 1 N–H and O–H groups in total. The molecule has 300 valence electrons. The van der Waals surface area contributed by atoms with Crippen LogP contribution in [0.3, 0.4) is 0 Å². The van der Waals surface area contributed by atoms with Crippen LogP contribution in [-0.4, -0.2) is 131 Å². The fourth-order valence-corrected chi connectivity index (χ4v) is 9.87. The molecule has 5 fully saturated rings. The Hall–Kier alpha value is -5.66. The molecule has 0 radical (unpaired) electrons. The van der Waals surface area contributed by atoms with Gasteiger partial charge in [-0.2, -0.15) is 5.26 Å². The Morgan fingerprint density at radius 1 is 0.948 bits per heavy atom. The smallest absolute Gasteiger partial charge is 0.262 e. The maximum absolute atomic E-state index is 15.4. The van der Waals surface area contributed by atoms with Crippen LogP contribution in [0.4, 0.5) is 21.7 Å². The molecular weight excluding hydrogens is 767 g/mol. The largest absolute Gasteiger partial charge is 0.368 e. The SMILES string of the molecule is C[C@H]1CC2(CCN(c3ncc(C(=O)N4CCN(C5CN(c6cc7c(cc6F)C(=O)N(C6CCC(=O)NC6=O)C7=O)C5)CC4)cn3)CC2)CN1c1ccc(C#N)c(Cl)c1. The zero-order chi connectivity index (χ0) is 40.5. The van der Waals surface area contributed by atoms with E-state index in [-0.39, 0.29) is 47.0 Å². The monoisotopic (exact) mass is 808 g/mol. The molecule has 1 spiro atoms. The van der Waals surface area contributed by atoms with Crippen LogP contribution in [0, 0.1) is 22.6 Å². The minimum Gasteiger partial charge on any atom is -0.368 e. The Kier molecular flexibility index (Phi) is 9.55. The Balaban J connectivity index is 0.750. The molecule has 17 heteroatoms. The summed E-state index contributed by atoms with van der Waals surface area (Å²) in [6.07, 6.45) is 6.34. The molecule has 6 aliphatic heterocycles. The lowest BCUT2D eigenvalue weighted by Gasteiger charge is -2.49. The molecule has 5 saturated heterocycles. The van der Waals surface area contributed by atoms with Gasteiger partial charge < -0.3 is 19.6 Å². The van der Waals surface area contributed by atoms with Crippen molar-refractivity contribution in [2.24, 2.45) is 5.41 Å². The summed E-state index contributed by atoms with van der Waals surface area (Å²) in [5.41, 5.74) is 2.31. The maximum Gasteiger partial charge on any atom is 0.262 e. The van der Waals surface area contributed by atoms with Crippen LogP contribution in [-0.2, 0) is 9.59 Å². The van der Waals surface area contributed by atoms with Gasteiger partial charge in [-0.15, -0.1) is 0 Å². The molecule has 2 aromatic carbocycles. The van der Waals surface area contributed by atoms with Crippen LogP contribution >= 0.6 is 11.6 Å². The van der Waals surface area contributed by atoms with Crippen LogP contribution in [0.1, 0.15) is 75.7 Å². The van der Waals surface area contributed by atoms with Crippen LogP contribution in [0.2, 0.25) is 5.02 Å². The number of carbonyl (C=O) groups excluding carboxylic acids is 5. The first-order valence-electron chi connectivity index (χ1n) is 19.8. The van der Waals surface area contributed by atoms with E-state index in [0.29, 0.717) is 67.4 Å². The van der Waals surface area contributed by atoms with Crippen molar-refractivity contribution in [2.45, 2.75) is 57.2 Å². The first-order valence-corrected chi connectivity index (χ1v) is 20.2. The predicted molar refractivity (Wildman–Crippen MR) is 210 cm³/mol. The summed E-state index contributed by atoms with van der Waals surface area (Å²) in [6.45, 7) is 8.18. The number of imide groups is 2. The molecule has 2 atom stereocenters. The number of amides is 5. The molecule has 9 rings (SSSR count). The molecule has 1 aromatic heterocycles. The number of hydrogen-bond donors (Lipinski definition) is 1. The predicted octanol–water partition coefficient (Wildman–Crippen LogP) is 3.07. The Morgan fingerprint density at radius 3 is 2.29 bits per heavy atom. The van der Waals surface area contributed by atoms with Crippen molar-refractivity contribution in [3.63, 3.8) is 0 Å². The second-order valence-electron chi connectivity index (χ2n) is 16.4. The van der Waals surface area contributed by atoms with Crippen molar-refractivity contribution in [2.75, 3.05) is 73.6 Å². The molecular formula is C41H42ClFN10O5. The maximum atomic E-state index is 15.4. The number of benzene rings is 2. The van der Waals surface area contributed by atoms with Gasteiger partial charge in [0, 0.05) is 95.5 Å². The molecule has 7 heterocycles. The lowest BCUT2D eigenvalue weighted by molar-refractivity contribution is -0.136. The van der Waals surface area contributed by atoms with Gasteiger partial charge in [0.1, 0.15) is 17.9 Å². The summed E-state index contributed by atoms with van der Waals surface area (Å²) >= 11 is 6.35. The van der Waals surface area contributed by atoms with Crippen LogP contribution in [0.15, 0.2) is 42.7 Å². The van der Waals surface area contributed by atoms with Gasteiger partial charge in [0.05, 0.1) is 33.0 Å². The average Bonchev–Trinajstić information content (AvgIpc) is 3.65. The minimum atomic E-state index is -1.12. The summed E-state index contributed by atoms with van der Waals surface area (Å²) in [7, 11) is 0. The number of nitriles is 1. The molecule has 3 aromatic rings. The quantitative estimate of drug-likeness (QED) is 0.363. The second-order valence-corrected chi connectivity index (χ2v) is 16.8. The van der Waals surface area contributed by atoms with Gasteiger partial charge in [0.2, 0.25) is 17.8 Å². The number of rotatable bonds is 6. The average molecular weight is 809 g/mol. The molecule has 1 unspecified atom stereocenters. The standard InChI is InChI=1S/C41H42ClFN10O5/c1-24-17-41(23-52(24)27-3-2-25(18-44)31(42)14-27)6-8-50(9-7-41)40-45-19-26(20-46-40)37(56)49-12-10-48(11-13-49)28-21-51(22-28)34-16-30-29(15-32(34)43)38(57)53(39(30)58)33-4-5-35(54)47-36(33)55/h2-3,14-16,19-20,24,28,33H,4-13,17,21-23H2,1H3,(H,47,54,55)/t24-,33?/m0/s1. The van der Waals surface area contributed by atoms with Crippen LogP contribution < -0.4 is 20.0 Å². The summed E-state index contributed by atoms with van der Waals surface area (Å²) in [5, 5.41) is 11.9. The highest BCUT2D eigenvalue weighted by atomic mass is 35.5. The number of nitrogens with one attached hydrogen (secondary N) is 1. The summed E-state index contributed by atoms with van der Waals surface area (Å²) < 4.78 is 15.4. The highest BCUT2D eigenvalue weighted by Gasteiger charge is 2.47. The summed E-state index contributed by atoms with van der Waals surface area (Å²) in [6, 6.07) is 9.60. The summed E-state index contributed by atoms with van der Waals surface area (Å²) in [5.74, 6) is -2.72. The molecule has 5 amide bonds. The Bertz CT molecular complexity index is 2260. The number of piperazine rings is 1. The van der Waals surface area contributed by atoms with Gasteiger partial charge in [-0.3, -0.25) is 39.1 Å². The zero-order valence-electron chi connectivity index (χ0n) is 32.0. The second kappa shape index (κ2) is 14.6. The molecule has 6 aliphatic rings. The van der Waals surface area contributed by atoms with Crippen molar-refractivity contribution >= 4 is 58.5 Å². The van der Waals surface area contributed by atoms with Crippen molar-refractivity contribution in [1.82, 2.24) is 30.0 Å². The number of hydrogen-bond acceptors (Lipinski definition) is 12. The topological polar surface area (TPSA) is 166 Å². The number of halogens is 2. The molecule has 0 saturated carbocycles. The van der Waals surface area contributed by atoms with Crippen molar-refractivity contribution in [1.29, 1.82) is 5.26 Å². The lowest BCUT2D eigenvalue weighted by Crippen LogP contribution is -2.63. The van der Waals surface area contributed by atoms with Gasteiger partial charge in [-0.05, 0) is 68.4 Å². The minimum absolute atomic E-state index is 0.00369. The molecule has 58 heavy (non-hydrogen) atoms. The normalized spacial score (nSPS) is 23.7. The van der Waals surface area contributed by atoms with E-state index in [1.54, 1.807) is 23.4 Å². The highest BCUT2D eigenvalue weighted by molar-refractivity contribution is 6.32. The van der Waals surface area contributed by atoms with E-state index >= 15 is 4.39 Å². The number of nitrogens with zero attached hydrogens (tertiary/aromatic N) is 9. The van der Waals surface area contributed by atoms with Gasteiger partial charge in [0.15, 0.2) is 0 Å². The van der Waals surface area contributed by atoms with E-state index in [1.165, 1.54) is 6.07 Å². The highest BCUT2D eigenvalue weighted by Crippen LogP contribution is 2.46. The van der Waals surface area contributed by atoms with E-state index in [4.69, 9.17) is 11.6 Å². The Morgan fingerprint density at radius 2 is 1.64 bits per heavy atom. The van der Waals surface area contributed by atoms with Gasteiger partial charge in [-0.1, -0.05) is 11.6 Å². The number of anilines is 3. The van der Waals surface area contributed by atoms with Gasteiger partial charge in [0.25, 0.3) is 17.7 Å². The van der Waals surface area contributed by atoms with E-state index in [9.17, 15) is 29.2 Å². The number of piperidine rings is 2. The Labute approximate surface area is 339 Å².